The molecule has 0 heterocycles. The molecule has 0 bridgehead atoms. The van der Waals surface area contributed by atoms with E-state index in [2.05, 4.69) is 10.3 Å². The minimum atomic E-state index is -4.76. The molecule has 17 heavy (non-hydrogen) atoms. The van der Waals surface area contributed by atoms with Crippen LogP contribution in [0.25, 0.3) is 0 Å². The van der Waals surface area contributed by atoms with Gasteiger partial charge < -0.3 is 10.4 Å². The standard InChI is InChI=1S/C10H9F3N2O2/c11-10(12,13)9(15-17)6-8(14-16)7-4-2-1-3-5-7/h1-5,16-17H,6H2/b14-8-,15-9+. The van der Waals surface area contributed by atoms with Gasteiger partial charge in [-0.1, -0.05) is 40.6 Å². The van der Waals surface area contributed by atoms with Gasteiger partial charge in [0.15, 0.2) is 5.71 Å². The maximum absolute atomic E-state index is 12.3. The van der Waals surface area contributed by atoms with Crippen molar-refractivity contribution in [3.05, 3.63) is 35.9 Å². The molecule has 0 aliphatic heterocycles. The van der Waals surface area contributed by atoms with Crippen LogP contribution in [0.3, 0.4) is 0 Å². The van der Waals surface area contributed by atoms with Gasteiger partial charge in [0.05, 0.1) is 5.71 Å². The molecule has 0 aliphatic carbocycles. The molecule has 0 fully saturated rings. The van der Waals surface area contributed by atoms with Gasteiger partial charge in [0.2, 0.25) is 0 Å². The van der Waals surface area contributed by atoms with E-state index in [4.69, 9.17) is 10.4 Å². The third-order valence-corrected chi connectivity index (χ3v) is 2.01. The summed E-state index contributed by atoms with van der Waals surface area (Å²) >= 11 is 0. The highest BCUT2D eigenvalue weighted by atomic mass is 19.4. The van der Waals surface area contributed by atoms with E-state index in [-0.39, 0.29) is 5.71 Å². The molecular formula is C10H9F3N2O2. The average Bonchev–Trinajstić information content (AvgIpc) is 2.30. The Labute approximate surface area is 94.7 Å². The Balaban J connectivity index is 2.94. The van der Waals surface area contributed by atoms with E-state index in [1.807, 2.05) is 0 Å². The summed E-state index contributed by atoms with van der Waals surface area (Å²) in [6.45, 7) is 0. The Hall–Kier alpha value is -2.05. The molecule has 1 rings (SSSR count). The van der Waals surface area contributed by atoms with Crippen LogP contribution in [0.15, 0.2) is 40.6 Å². The Morgan fingerprint density at radius 3 is 2.06 bits per heavy atom. The summed E-state index contributed by atoms with van der Waals surface area (Å²) < 4.78 is 36.9. The van der Waals surface area contributed by atoms with Crippen LogP contribution in [0.4, 0.5) is 13.2 Å². The van der Waals surface area contributed by atoms with Crippen LogP contribution in [-0.4, -0.2) is 28.0 Å². The first-order chi connectivity index (χ1) is 7.99. The van der Waals surface area contributed by atoms with Crippen molar-refractivity contribution < 1.29 is 23.6 Å². The quantitative estimate of drug-likeness (QED) is 0.489. The second-order valence-electron chi connectivity index (χ2n) is 3.13. The van der Waals surface area contributed by atoms with Crippen LogP contribution in [0.2, 0.25) is 0 Å². The van der Waals surface area contributed by atoms with Gasteiger partial charge >= 0.3 is 6.18 Å². The van der Waals surface area contributed by atoms with Gasteiger partial charge in [0, 0.05) is 6.42 Å². The number of rotatable bonds is 3. The van der Waals surface area contributed by atoms with Gasteiger partial charge in [-0.25, -0.2) is 0 Å². The third kappa shape index (κ3) is 3.47. The van der Waals surface area contributed by atoms with E-state index in [0.29, 0.717) is 5.56 Å². The SMILES string of the molecule is O/N=C(/C/C(=N\O)C(F)(F)F)c1ccccc1. The van der Waals surface area contributed by atoms with Crippen molar-refractivity contribution in [1.29, 1.82) is 0 Å². The van der Waals surface area contributed by atoms with Gasteiger partial charge in [-0.2, -0.15) is 13.2 Å². The number of hydrogen-bond acceptors (Lipinski definition) is 4. The van der Waals surface area contributed by atoms with Crippen LogP contribution in [0.5, 0.6) is 0 Å². The minimum Gasteiger partial charge on any atom is -0.411 e. The molecule has 0 amide bonds. The summed E-state index contributed by atoms with van der Waals surface area (Å²) in [6.07, 6.45) is -5.57. The Bertz CT molecular complexity index is 427. The maximum Gasteiger partial charge on any atom is 0.433 e. The van der Waals surface area contributed by atoms with Gasteiger partial charge in [0.1, 0.15) is 0 Å². The third-order valence-electron chi connectivity index (χ3n) is 2.01. The zero-order valence-electron chi connectivity index (χ0n) is 8.52. The van der Waals surface area contributed by atoms with Crippen LogP contribution in [-0.2, 0) is 0 Å². The van der Waals surface area contributed by atoms with Crippen molar-refractivity contribution in [3.8, 4) is 0 Å². The van der Waals surface area contributed by atoms with Crippen molar-refractivity contribution in [1.82, 2.24) is 0 Å². The molecule has 0 spiro atoms. The summed E-state index contributed by atoms with van der Waals surface area (Å²) in [6, 6.07) is 7.82. The fourth-order valence-corrected chi connectivity index (χ4v) is 1.18. The molecule has 0 aliphatic rings. The first-order valence-corrected chi connectivity index (χ1v) is 4.53. The lowest BCUT2D eigenvalue weighted by atomic mass is 10.0. The summed E-state index contributed by atoms with van der Waals surface area (Å²) in [5.41, 5.74) is -1.33. The largest absolute Gasteiger partial charge is 0.433 e. The number of alkyl halides is 3. The number of benzene rings is 1. The summed E-state index contributed by atoms with van der Waals surface area (Å²) in [7, 11) is 0. The maximum atomic E-state index is 12.3. The molecule has 4 nitrogen and oxygen atoms in total. The van der Waals surface area contributed by atoms with Crippen molar-refractivity contribution in [2.75, 3.05) is 0 Å². The van der Waals surface area contributed by atoms with Crippen molar-refractivity contribution >= 4 is 11.4 Å². The number of nitrogens with zero attached hydrogens (tertiary/aromatic N) is 2. The molecule has 2 N–H and O–H groups in total. The molecule has 1 aromatic rings. The lowest BCUT2D eigenvalue weighted by Gasteiger charge is -2.09. The molecule has 0 atom stereocenters. The summed E-state index contributed by atoms with van der Waals surface area (Å²) in [4.78, 5) is 0. The van der Waals surface area contributed by atoms with E-state index < -0.39 is 18.3 Å². The van der Waals surface area contributed by atoms with E-state index in [9.17, 15) is 13.2 Å². The number of hydrogen-bond donors (Lipinski definition) is 2. The van der Waals surface area contributed by atoms with Crippen molar-refractivity contribution in [3.63, 3.8) is 0 Å². The Morgan fingerprint density at radius 2 is 1.65 bits per heavy atom. The molecular weight excluding hydrogens is 237 g/mol. The fraction of sp³-hybridized carbons (Fsp3) is 0.200. The number of halogens is 3. The Morgan fingerprint density at radius 1 is 1.06 bits per heavy atom. The highest BCUT2D eigenvalue weighted by Gasteiger charge is 2.37. The van der Waals surface area contributed by atoms with Crippen molar-refractivity contribution in [2.45, 2.75) is 12.6 Å². The van der Waals surface area contributed by atoms with Crippen LogP contribution < -0.4 is 0 Å². The van der Waals surface area contributed by atoms with E-state index >= 15 is 0 Å². The molecule has 0 saturated heterocycles. The Kier molecular flexibility index (Phi) is 4.08. The molecule has 0 aromatic heterocycles. The fourth-order valence-electron chi connectivity index (χ4n) is 1.18. The smallest absolute Gasteiger partial charge is 0.411 e. The van der Waals surface area contributed by atoms with Gasteiger partial charge in [-0.15, -0.1) is 0 Å². The predicted octanol–water partition coefficient (Wildman–Crippen LogP) is 2.65. The van der Waals surface area contributed by atoms with Gasteiger partial charge in [0.25, 0.3) is 0 Å². The lowest BCUT2D eigenvalue weighted by Crippen LogP contribution is -2.26. The van der Waals surface area contributed by atoms with Crippen LogP contribution in [0, 0.1) is 0 Å². The summed E-state index contributed by atoms with van der Waals surface area (Å²) in [5.74, 6) is 0. The molecule has 92 valence electrons. The van der Waals surface area contributed by atoms with Crippen molar-refractivity contribution in [2.24, 2.45) is 10.3 Å². The molecule has 1 aromatic carbocycles. The van der Waals surface area contributed by atoms with E-state index in [1.54, 1.807) is 18.2 Å². The first-order valence-electron chi connectivity index (χ1n) is 4.53. The predicted molar refractivity (Wildman–Crippen MR) is 54.7 cm³/mol. The molecule has 0 unspecified atom stereocenters. The molecule has 0 saturated carbocycles. The highest BCUT2D eigenvalue weighted by molar-refractivity contribution is 6.13. The second kappa shape index (κ2) is 5.33. The highest BCUT2D eigenvalue weighted by Crippen LogP contribution is 2.21. The average molecular weight is 246 g/mol. The van der Waals surface area contributed by atoms with E-state index in [0.717, 1.165) is 0 Å². The zero-order valence-corrected chi connectivity index (χ0v) is 8.52. The summed E-state index contributed by atoms with van der Waals surface area (Å²) in [5, 5.41) is 21.9. The monoisotopic (exact) mass is 246 g/mol. The van der Waals surface area contributed by atoms with Gasteiger partial charge in [-0.3, -0.25) is 0 Å². The number of oxime groups is 2. The van der Waals surface area contributed by atoms with Gasteiger partial charge in [-0.05, 0) is 5.56 Å². The topological polar surface area (TPSA) is 65.2 Å². The van der Waals surface area contributed by atoms with Crippen LogP contribution in [0.1, 0.15) is 12.0 Å². The zero-order chi connectivity index (χ0) is 12.9. The first kappa shape index (κ1) is 13.0. The minimum absolute atomic E-state index is 0.226. The van der Waals surface area contributed by atoms with Crippen LogP contribution >= 0.6 is 0 Å². The molecule has 7 heteroatoms. The van der Waals surface area contributed by atoms with E-state index in [1.165, 1.54) is 12.1 Å². The second-order valence-corrected chi connectivity index (χ2v) is 3.13. The molecule has 0 radical (unpaired) electrons. The lowest BCUT2D eigenvalue weighted by molar-refractivity contribution is -0.0619. The normalized spacial score (nSPS) is 13.8.